The first-order chi connectivity index (χ1) is 15.4. The van der Waals surface area contributed by atoms with Crippen LogP contribution in [-0.2, 0) is 21.8 Å². The predicted molar refractivity (Wildman–Crippen MR) is 125 cm³/mol. The second kappa shape index (κ2) is 9.91. The third-order valence-electron chi connectivity index (χ3n) is 5.29. The summed E-state index contributed by atoms with van der Waals surface area (Å²) in [6, 6.07) is 4.53. The number of halogens is 2. The van der Waals surface area contributed by atoms with Gasteiger partial charge in [0.15, 0.2) is 5.16 Å². The number of benzene rings is 1. The van der Waals surface area contributed by atoms with Crippen molar-refractivity contribution in [2.24, 2.45) is 0 Å². The Hall–Kier alpha value is -1.94. The van der Waals surface area contributed by atoms with Gasteiger partial charge in [0.1, 0.15) is 15.5 Å². The Morgan fingerprint density at radius 3 is 2.97 bits per heavy atom. The highest BCUT2D eigenvalue weighted by Gasteiger charge is 2.25. The Morgan fingerprint density at radius 2 is 2.28 bits per heavy atom. The van der Waals surface area contributed by atoms with Gasteiger partial charge >= 0.3 is 5.97 Å². The smallest absolute Gasteiger partial charge is 0.348 e. The summed E-state index contributed by atoms with van der Waals surface area (Å²) in [5.74, 6) is -0.662. The zero-order valence-electron chi connectivity index (χ0n) is 17.7. The van der Waals surface area contributed by atoms with Crippen LogP contribution in [0.3, 0.4) is 0 Å². The molecule has 3 heterocycles. The van der Waals surface area contributed by atoms with Crippen LogP contribution in [0.25, 0.3) is 10.2 Å². The minimum absolute atomic E-state index is 0.0909. The van der Waals surface area contributed by atoms with Crippen molar-refractivity contribution in [2.45, 2.75) is 50.2 Å². The van der Waals surface area contributed by atoms with Gasteiger partial charge in [-0.3, -0.25) is 9.36 Å². The number of nitrogens with zero attached hydrogens (tertiary/aromatic N) is 2. The second-order valence-corrected chi connectivity index (χ2v) is 9.74. The monoisotopic (exact) mass is 496 g/mol. The Kier molecular flexibility index (Phi) is 7.19. The maximum absolute atomic E-state index is 14.3. The van der Waals surface area contributed by atoms with E-state index >= 15 is 0 Å². The molecular formula is C22H22ClFN2O4S2. The van der Waals surface area contributed by atoms with Gasteiger partial charge in [-0.05, 0) is 44.4 Å². The summed E-state index contributed by atoms with van der Waals surface area (Å²) in [6.45, 7) is 4.71. The summed E-state index contributed by atoms with van der Waals surface area (Å²) in [5, 5.41) is 1.17. The highest BCUT2D eigenvalue weighted by atomic mass is 35.5. The molecule has 0 saturated carbocycles. The van der Waals surface area contributed by atoms with Gasteiger partial charge in [0, 0.05) is 22.9 Å². The molecule has 0 bridgehead atoms. The van der Waals surface area contributed by atoms with Crippen molar-refractivity contribution in [3.05, 3.63) is 55.4 Å². The van der Waals surface area contributed by atoms with Crippen LogP contribution in [0.4, 0.5) is 4.39 Å². The average Bonchev–Trinajstić information content (AvgIpc) is 3.38. The summed E-state index contributed by atoms with van der Waals surface area (Å²) in [5.41, 5.74) is 0.680. The lowest BCUT2D eigenvalue weighted by atomic mass is 10.2. The van der Waals surface area contributed by atoms with Gasteiger partial charge < -0.3 is 9.47 Å². The zero-order chi connectivity index (χ0) is 22.8. The topological polar surface area (TPSA) is 70.4 Å². The fraction of sp³-hybridized carbons (Fsp3) is 0.409. The Morgan fingerprint density at radius 1 is 1.47 bits per heavy atom. The number of rotatable bonds is 7. The highest BCUT2D eigenvalue weighted by molar-refractivity contribution is 7.98. The number of ether oxygens (including phenoxy) is 2. The van der Waals surface area contributed by atoms with Crippen LogP contribution in [0.5, 0.6) is 0 Å². The molecule has 6 nitrogen and oxygen atoms in total. The van der Waals surface area contributed by atoms with E-state index in [0.717, 1.165) is 24.2 Å². The molecule has 0 N–H and O–H groups in total. The van der Waals surface area contributed by atoms with E-state index < -0.39 is 11.8 Å². The number of esters is 1. The van der Waals surface area contributed by atoms with Crippen molar-refractivity contribution in [1.29, 1.82) is 0 Å². The standard InChI is InChI=1S/C22H22ClFN2O4S2/c1-3-29-21(28)18-12(2)17-19(32-18)25-22(26(20(17)27)10-13-6-5-9-30-13)31-11-14-15(23)7-4-8-16(14)24/h4,7-8,13H,3,5-6,9-11H2,1-2H3/t13-/m0/s1. The van der Waals surface area contributed by atoms with E-state index in [9.17, 15) is 14.0 Å². The van der Waals surface area contributed by atoms with Crippen LogP contribution in [0, 0.1) is 12.7 Å². The molecule has 1 fully saturated rings. The van der Waals surface area contributed by atoms with Crippen LogP contribution in [0.15, 0.2) is 28.2 Å². The summed E-state index contributed by atoms with van der Waals surface area (Å²) in [7, 11) is 0. The van der Waals surface area contributed by atoms with Gasteiger partial charge in [-0.25, -0.2) is 14.2 Å². The highest BCUT2D eigenvalue weighted by Crippen LogP contribution is 2.32. The van der Waals surface area contributed by atoms with Crippen molar-refractivity contribution in [2.75, 3.05) is 13.2 Å². The van der Waals surface area contributed by atoms with Gasteiger partial charge in [0.05, 0.1) is 24.6 Å². The minimum Gasteiger partial charge on any atom is -0.462 e. The Labute approximate surface area is 197 Å². The summed E-state index contributed by atoms with van der Waals surface area (Å²) < 4.78 is 26.7. The molecule has 0 spiro atoms. The van der Waals surface area contributed by atoms with E-state index in [0.29, 0.717) is 49.6 Å². The van der Waals surface area contributed by atoms with Crippen LogP contribution >= 0.6 is 34.7 Å². The maximum Gasteiger partial charge on any atom is 0.348 e. The molecule has 0 aliphatic carbocycles. The third-order valence-corrected chi connectivity index (χ3v) is 7.82. The molecule has 0 amide bonds. The summed E-state index contributed by atoms with van der Waals surface area (Å²) in [6.07, 6.45) is 1.70. The van der Waals surface area contributed by atoms with E-state index in [2.05, 4.69) is 0 Å². The van der Waals surface area contributed by atoms with E-state index in [1.807, 2.05) is 0 Å². The molecule has 0 radical (unpaired) electrons. The van der Waals surface area contributed by atoms with E-state index in [1.54, 1.807) is 30.5 Å². The second-order valence-electron chi connectivity index (χ2n) is 7.39. The Balaban J connectivity index is 1.78. The molecule has 1 aliphatic heterocycles. The summed E-state index contributed by atoms with van der Waals surface area (Å²) >= 11 is 8.55. The zero-order valence-corrected chi connectivity index (χ0v) is 20.0. The van der Waals surface area contributed by atoms with Crippen LogP contribution < -0.4 is 5.56 Å². The fourth-order valence-electron chi connectivity index (χ4n) is 3.66. The lowest BCUT2D eigenvalue weighted by Gasteiger charge is -2.16. The van der Waals surface area contributed by atoms with E-state index in [-0.39, 0.29) is 24.0 Å². The lowest BCUT2D eigenvalue weighted by Crippen LogP contribution is -2.28. The maximum atomic E-state index is 14.3. The quantitative estimate of drug-likeness (QED) is 0.254. The number of aromatic nitrogens is 2. The number of carbonyl (C=O) groups is 1. The largest absolute Gasteiger partial charge is 0.462 e. The van der Waals surface area contributed by atoms with E-state index in [1.165, 1.54) is 17.8 Å². The van der Waals surface area contributed by atoms with Crippen molar-refractivity contribution in [3.8, 4) is 0 Å². The number of hydrogen-bond acceptors (Lipinski definition) is 7. The lowest BCUT2D eigenvalue weighted by molar-refractivity contribution is 0.0531. The molecule has 3 aromatic rings. The predicted octanol–water partition coefficient (Wildman–Crippen LogP) is 5.21. The number of fused-ring (bicyclic) bond motifs is 1. The number of thioether (sulfide) groups is 1. The molecular weight excluding hydrogens is 475 g/mol. The fourth-order valence-corrected chi connectivity index (χ4v) is 6.13. The minimum atomic E-state index is -0.467. The Bertz CT molecular complexity index is 1200. The molecule has 10 heteroatoms. The number of aryl methyl sites for hydroxylation is 1. The van der Waals surface area contributed by atoms with E-state index in [4.69, 9.17) is 26.1 Å². The van der Waals surface area contributed by atoms with Crippen LogP contribution in [0.2, 0.25) is 5.02 Å². The van der Waals surface area contributed by atoms with Crippen molar-refractivity contribution in [1.82, 2.24) is 9.55 Å². The van der Waals surface area contributed by atoms with Crippen molar-refractivity contribution >= 4 is 50.9 Å². The molecule has 1 aromatic carbocycles. The first-order valence-corrected chi connectivity index (χ1v) is 12.5. The molecule has 170 valence electrons. The number of hydrogen-bond donors (Lipinski definition) is 0. The number of carbonyl (C=O) groups excluding carboxylic acids is 1. The molecule has 1 atom stereocenters. The van der Waals surface area contributed by atoms with Crippen LogP contribution in [0.1, 0.15) is 40.6 Å². The van der Waals surface area contributed by atoms with Crippen LogP contribution in [-0.4, -0.2) is 34.8 Å². The molecule has 0 unspecified atom stereocenters. The van der Waals surface area contributed by atoms with Crippen molar-refractivity contribution in [3.63, 3.8) is 0 Å². The van der Waals surface area contributed by atoms with Gasteiger partial charge in [-0.1, -0.05) is 29.4 Å². The molecule has 1 saturated heterocycles. The van der Waals surface area contributed by atoms with Gasteiger partial charge in [0.2, 0.25) is 0 Å². The normalized spacial score (nSPS) is 16.1. The molecule has 32 heavy (non-hydrogen) atoms. The van der Waals surface area contributed by atoms with Crippen molar-refractivity contribution < 1.29 is 18.7 Å². The number of thiophene rings is 1. The SMILES string of the molecule is CCOC(=O)c1sc2nc(SCc3c(F)cccc3Cl)n(C[C@@H]3CCCO3)c(=O)c2c1C. The average molecular weight is 497 g/mol. The summed E-state index contributed by atoms with van der Waals surface area (Å²) in [4.78, 5) is 31.4. The third kappa shape index (κ3) is 4.57. The van der Waals surface area contributed by atoms with Gasteiger partial charge in [0.25, 0.3) is 5.56 Å². The van der Waals surface area contributed by atoms with Gasteiger partial charge in [-0.15, -0.1) is 11.3 Å². The molecule has 4 rings (SSSR count). The first-order valence-electron chi connectivity index (χ1n) is 10.3. The molecule has 1 aliphatic rings. The molecule has 2 aromatic heterocycles. The van der Waals surface area contributed by atoms with Gasteiger partial charge in [-0.2, -0.15) is 0 Å². The first kappa shape index (κ1) is 23.2.